The van der Waals surface area contributed by atoms with Gasteiger partial charge in [-0.05, 0) is 30.0 Å². The second-order valence-electron chi connectivity index (χ2n) is 4.86. The molecular formula is C13H13NO3. The average Bonchev–Trinajstić information content (AvgIpc) is 3.04. The Hall–Kier alpha value is -1.84. The number of carboxylic acid groups (broad SMARTS) is 1. The molecule has 0 atom stereocenters. The molecule has 17 heavy (non-hydrogen) atoms. The molecular weight excluding hydrogens is 218 g/mol. The topological polar surface area (TPSA) is 57.6 Å². The molecule has 0 unspecified atom stereocenters. The Balaban J connectivity index is 2.04. The van der Waals surface area contributed by atoms with Crippen molar-refractivity contribution in [1.29, 1.82) is 0 Å². The van der Waals surface area contributed by atoms with Crippen LogP contribution in [-0.2, 0) is 21.4 Å². The molecule has 3 rings (SSSR count). The first kappa shape index (κ1) is 10.3. The van der Waals surface area contributed by atoms with Crippen molar-refractivity contribution >= 4 is 17.6 Å². The first-order chi connectivity index (χ1) is 8.04. The lowest BCUT2D eigenvalue weighted by atomic mass is 9.94. The van der Waals surface area contributed by atoms with E-state index in [0.717, 1.165) is 16.8 Å². The third-order valence-electron chi connectivity index (χ3n) is 3.87. The molecule has 1 heterocycles. The monoisotopic (exact) mass is 231 g/mol. The number of carbonyl (C=O) groups excluding carboxylic acids is 1. The minimum Gasteiger partial charge on any atom is -0.481 e. The van der Waals surface area contributed by atoms with Gasteiger partial charge in [-0.15, -0.1) is 0 Å². The molecule has 88 valence electrons. The lowest BCUT2D eigenvalue weighted by molar-refractivity contribution is -0.140. The summed E-state index contributed by atoms with van der Waals surface area (Å²) < 4.78 is 0. The highest BCUT2D eigenvalue weighted by molar-refractivity contribution is 6.01. The van der Waals surface area contributed by atoms with E-state index in [4.69, 9.17) is 0 Å². The van der Waals surface area contributed by atoms with Crippen molar-refractivity contribution in [3.05, 3.63) is 29.3 Å². The summed E-state index contributed by atoms with van der Waals surface area (Å²) in [5, 5.41) is 9.23. The number of carboxylic acids is 1. The summed E-state index contributed by atoms with van der Waals surface area (Å²) in [6, 6.07) is 5.59. The second-order valence-corrected chi connectivity index (χ2v) is 4.86. The van der Waals surface area contributed by atoms with Crippen molar-refractivity contribution < 1.29 is 14.7 Å². The largest absolute Gasteiger partial charge is 0.481 e. The highest BCUT2D eigenvalue weighted by Crippen LogP contribution is 2.49. The van der Waals surface area contributed by atoms with Crippen LogP contribution in [0.3, 0.4) is 0 Å². The molecule has 1 aromatic carbocycles. The van der Waals surface area contributed by atoms with E-state index in [1.54, 1.807) is 11.9 Å². The molecule has 0 radical (unpaired) electrons. The van der Waals surface area contributed by atoms with Gasteiger partial charge in [-0.3, -0.25) is 9.59 Å². The zero-order chi connectivity index (χ0) is 12.2. The van der Waals surface area contributed by atoms with Gasteiger partial charge in [-0.1, -0.05) is 12.1 Å². The van der Waals surface area contributed by atoms with Gasteiger partial charge < -0.3 is 10.0 Å². The number of rotatable bonds is 2. The first-order valence-corrected chi connectivity index (χ1v) is 5.68. The van der Waals surface area contributed by atoms with Crippen molar-refractivity contribution in [3.8, 4) is 0 Å². The fourth-order valence-corrected chi connectivity index (χ4v) is 2.52. The Kier molecular flexibility index (Phi) is 1.88. The maximum absolute atomic E-state index is 11.6. The number of likely N-dealkylation sites (N-methyl/N-ethyl adjacent to an activating group) is 1. The van der Waals surface area contributed by atoms with E-state index in [0.29, 0.717) is 19.3 Å². The van der Waals surface area contributed by atoms with Gasteiger partial charge in [0, 0.05) is 12.7 Å². The molecule has 0 aromatic heterocycles. The van der Waals surface area contributed by atoms with Gasteiger partial charge in [0.2, 0.25) is 5.91 Å². The Bertz CT molecular complexity index is 531. The molecule has 1 amide bonds. The van der Waals surface area contributed by atoms with Crippen molar-refractivity contribution in [2.75, 3.05) is 11.9 Å². The van der Waals surface area contributed by atoms with Gasteiger partial charge in [0.25, 0.3) is 0 Å². The Morgan fingerprint density at radius 2 is 2.12 bits per heavy atom. The maximum Gasteiger partial charge on any atom is 0.314 e. The quantitative estimate of drug-likeness (QED) is 0.835. The summed E-state index contributed by atoms with van der Waals surface area (Å²) in [5.74, 6) is -0.688. The van der Waals surface area contributed by atoms with Crippen LogP contribution in [0.25, 0.3) is 0 Å². The van der Waals surface area contributed by atoms with E-state index in [-0.39, 0.29) is 5.91 Å². The molecule has 0 bridgehead atoms. The van der Waals surface area contributed by atoms with E-state index >= 15 is 0 Å². The molecule has 2 aliphatic rings. The molecule has 0 spiro atoms. The van der Waals surface area contributed by atoms with Gasteiger partial charge in [-0.25, -0.2) is 0 Å². The van der Waals surface area contributed by atoms with Crippen LogP contribution < -0.4 is 4.90 Å². The molecule has 1 saturated carbocycles. The zero-order valence-corrected chi connectivity index (χ0v) is 9.56. The summed E-state index contributed by atoms with van der Waals surface area (Å²) >= 11 is 0. The predicted octanol–water partition coefficient (Wildman–Crippen LogP) is 1.32. The summed E-state index contributed by atoms with van der Waals surface area (Å²) in [6.07, 6.45) is 1.78. The number of amides is 1. The second kappa shape index (κ2) is 3.09. The number of hydrogen-bond donors (Lipinski definition) is 1. The normalized spacial score (nSPS) is 20.3. The van der Waals surface area contributed by atoms with E-state index in [2.05, 4.69) is 0 Å². The van der Waals surface area contributed by atoms with Crippen molar-refractivity contribution in [2.24, 2.45) is 0 Å². The average molecular weight is 231 g/mol. The Morgan fingerprint density at radius 3 is 2.71 bits per heavy atom. The SMILES string of the molecule is CN1C(=O)Cc2cc(C3(C(=O)O)CC3)ccc21. The lowest BCUT2D eigenvalue weighted by Gasteiger charge is -2.13. The number of benzene rings is 1. The van der Waals surface area contributed by atoms with Crippen molar-refractivity contribution in [3.63, 3.8) is 0 Å². The molecule has 4 heteroatoms. The summed E-state index contributed by atoms with van der Waals surface area (Å²) in [5.41, 5.74) is 2.01. The zero-order valence-electron chi connectivity index (χ0n) is 9.56. The van der Waals surface area contributed by atoms with Crippen LogP contribution in [0.4, 0.5) is 5.69 Å². The van der Waals surface area contributed by atoms with Crippen LogP contribution in [0.1, 0.15) is 24.0 Å². The van der Waals surface area contributed by atoms with Gasteiger partial charge in [0.1, 0.15) is 0 Å². The van der Waals surface area contributed by atoms with Gasteiger partial charge in [0.15, 0.2) is 0 Å². The summed E-state index contributed by atoms with van der Waals surface area (Å²) in [4.78, 5) is 24.4. The standard InChI is InChI=1S/C13H13NO3/c1-14-10-3-2-9(6-8(10)7-11(14)15)13(4-5-13)12(16)17/h2-3,6H,4-5,7H2,1H3,(H,16,17). The van der Waals surface area contributed by atoms with Gasteiger partial charge in [-0.2, -0.15) is 0 Å². The predicted molar refractivity (Wildman–Crippen MR) is 62.1 cm³/mol. The molecule has 1 aromatic rings. The smallest absolute Gasteiger partial charge is 0.314 e. The molecule has 1 aliphatic heterocycles. The van der Waals surface area contributed by atoms with E-state index < -0.39 is 11.4 Å². The van der Waals surface area contributed by atoms with E-state index in [9.17, 15) is 14.7 Å². The third-order valence-corrected chi connectivity index (χ3v) is 3.87. The number of fused-ring (bicyclic) bond motifs is 1. The number of anilines is 1. The summed E-state index contributed by atoms with van der Waals surface area (Å²) in [7, 11) is 1.75. The highest BCUT2D eigenvalue weighted by atomic mass is 16.4. The number of aliphatic carboxylic acids is 1. The maximum atomic E-state index is 11.6. The van der Waals surface area contributed by atoms with Crippen LogP contribution in [0.5, 0.6) is 0 Å². The van der Waals surface area contributed by atoms with Crippen LogP contribution in [0, 0.1) is 0 Å². The minimum absolute atomic E-state index is 0.0670. The van der Waals surface area contributed by atoms with E-state index in [1.807, 2.05) is 18.2 Å². The molecule has 1 N–H and O–H groups in total. The van der Waals surface area contributed by atoms with Gasteiger partial charge >= 0.3 is 5.97 Å². The van der Waals surface area contributed by atoms with Crippen LogP contribution >= 0.6 is 0 Å². The molecule has 0 saturated heterocycles. The minimum atomic E-state index is -0.755. The first-order valence-electron chi connectivity index (χ1n) is 5.68. The molecule has 4 nitrogen and oxygen atoms in total. The van der Waals surface area contributed by atoms with E-state index in [1.165, 1.54) is 0 Å². The van der Waals surface area contributed by atoms with Crippen LogP contribution in [0.2, 0.25) is 0 Å². The lowest BCUT2D eigenvalue weighted by Crippen LogP contribution is -2.20. The van der Waals surface area contributed by atoms with Crippen molar-refractivity contribution in [1.82, 2.24) is 0 Å². The molecule has 1 aliphatic carbocycles. The van der Waals surface area contributed by atoms with Gasteiger partial charge in [0.05, 0.1) is 11.8 Å². The number of carbonyl (C=O) groups is 2. The van der Waals surface area contributed by atoms with Crippen LogP contribution in [-0.4, -0.2) is 24.0 Å². The third kappa shape index (κ3) is 1.30. The van der Waals surface area contributed by atoms with Crippen molar-refractivity contribution in [2.45, 2.75) is 24.7 Å². The Labute approximate surface area is 98.9 Å². The fraction of sp³-hybridized carbons (Fsp3) is 0.385. The summed E-state index contributed by atoms with van der Waals surface area (Å²) in [6.45, 7) is 0. The highest BCUT2D eigenvalue weighted by Gasteiger charge is 2.52. The molecule has 1 fully saturated rings. The Morgan fingerprint density at radius 1 is 1.41 bits per heavy atom. The fourth-order valence-electron chi connectivity index (χ4n) is 2.52. The number of nitrogens with zero attached hydrogens (tertiary/aromatic N) is 1. The number of hydrogen-bond acceptors (Lipinski definition) is 2. The van der Waals surface area contributed by atoms with Crippen LogP contribution in [0.15, 0.2) is 18.2 Å².